The summed E-state index contributed by atoms with van der Waals surface area (Å²) in [5.41, 5.74) is 0.841. The van der Waals surface area contributed by atoms with Gasteiger partial charge in [0.05, 0.1) is 0 Å². The number of carbonyl (C=O) groups excluding carboxylic acids is 1. The third-order valence-corrected chi connectivity index (χ3v) is 5.23. The van der Waals surface area contributed by atoms with E-state index in [9.17, 15) is 14.0 Å². The molecule has 9 heteroatoms. The van der Waals surface area contributed by atoms with Crippen LogP contribution < -0.4 is 10.3 Å². The molecule has 4 rings (SSSR count). The van der Waals surface area contributed by atoms with Crippen LogP contribution in [-0.2, 0) is 0 Å². The van der Waals surface area contributed by atoms with Gasteiger partial charge in [0.25, 0.3) is 5.91 Å². The smallest absolute Gasteiger partial charge is 0.278 e. The lowest BCUT2D eigenvalue weighted by Crippen LogP contribution is -2.50. The highest BCUT2D eigenvalue weighted by Crippen LogP contribution is 2.17. The molecular weight excluding hydrogens is 399 g/mol. The normalized spacial score (nSPS) is 14.1. The van der Waals surface area contributed by atoms with Gasteiger partial charge in [-0.1, -0.05) is 12.1 Å². The molecule has 0 bridgehead atoms. The molecule has 1 fully saturated rings. The van der Waals surface area contributed by atoms with Gasteiger partial charge in [-0.05, 0) is 32.9 Å². The van der Waals surface area contributed by atoms with Gasteiger partial charge in [-0.15, -0.1) is 0 Å². The summed E-state index contributed by atoms with van der Waals surface area (Å²) in [4.78, 5) is 38.0. The second-order valence-electron chi connectivity index (χ2n) is 7.56. The lowest BCUT2D eigenvalue weighted by atomic mass is 10.2. The lowest BCUT2D eigenvalue weighted by molar-refractivity contribution is 0.0737. The van der Waals surface area contributed by atoms with Gasteiger partial charge in [0, 0.05) is 49.7 Å². The third kappa shape index (κ3) is 4.16. The first-order valence-corrected chi connectivity index (χ1v) is 10.1. The first-order valence-electron chi connectivity index (χ1n) is 10.1. The van der Waals surface area contributed by atoms with E-state index in [4.69, 9.17) is 0 Å². The number of aromatic nitrogens is 4. The zero-order chi connectivity index (χ0) is 22.1. The van der Waals surface area contributed by atoms with Crippen LogP contribution in [0.4, 0.5) is 10.2 Å². The number of carbonyl (C=O) groups is 1. The van der Waals surface area contributed by atoms with E-state index in [-0.39, 0.29) is 11.4 Å². The fraction of sp³-hybridized carbons (Fsp3) is 0.318. The Bertz CT molecular complexity index is 1180. The Balaban J connectivity index is 1.56. The van der Waals surface area contributed by atoms with E-state index in [1.807, 2.05) is 19.9 Å². The molecule has 2 aromatic heterocycles. The average molecular weight is 422 g/mol. The maximum Gasteiger partial charge on any atom is 0.278 e. The quantitative estimate of drug-likeness (QED) is 0.642. The van der Waals surface area contributed by atoms with Gasteiger partial charge in [0.1, 0.15) is 23.1 Å². The van der Waals surface area contributed by atoms with Crippen LogP contribution in [0.5, 0.6) is 0 Å². The van der Waals surface area contributed by atoms with Gasteiger partial charge in [-0.2, -0.15) is 5.10 Å². The average Bonchev–Trinajstić information content (AvgIpc) is 2.74. The maximum absolute atomic E-state index is 14.3. The van der Waals surface area contributed by atoms with Crippen LogP contribution in [0.1, 0.15) is 27.7 Å². The number of amides is 1. The minimum Gasteiger partial charge on any atom is -0.353 e. The van der Waals surface area contributed by atoms with Crippen LogP contribution in [-0.4, -0.2) is 56.7 Å². The highest BCUT2D eigenvalue weighted by atomic mass is 19.1. The number of anilines is 1. The molecular formula is C22H23FN6O2. The van der Waals surface area contributed by atoms with Crippen LogP contribution in [0, 0.1) is 26.6 Å². The second kappa shape index (κ2) is 8.25. The summed E-state index contributed by atoms with van der Waals surface area (Å²) >= 11 is 0. The van der Waals surface area contributed by atoms with Crippen LogP contribution >= 0.6 is 0 Å². The minimum absolute atomic E-state index is 0.188. The summed E-state index contributed by atoms with van der Waals surface area (Å²) in [5, 5.41) is 4.22. The predicted octanol–water partition coefficient (Wildman–Crippen LogP) is 2.05. The van der Waals surface area contributed by atoms with E-state index in [2.05, 4.69) is 20.0 Å². The molecule has 3 aromatic rings. The number of benzene rings is 1. The molecule has 0 aliphatic carbocycles. The van der Waals surface area contributed by atoms with E-state index in [1.54, 1.807) is 30.0 Å². The number of para-hydroxylation sites is 1. The molecule has 1 aliphatic rings. The van der Waals surface area contributed by atoms with Crippen LogP contribution in [0.25, 0.3) is 5.69 Å². The maximum atomic E-state index is 14.3. The van der Waals surface area contributed by atoms with E-state index in [0.717, 1.165) is 11.5 Å². The summed E-state index contributed by atoms with van der Waals surface area (Å²) in [5.74, 6) is 0.590. The molecule has 1 aromatic carbocycles. The van der Waals surface area contributed by atoms with Gasteiger partial charge in [-0.25, -0.2) is 19.0 Å². The molecule has 1 amide bonds. The van der Waals surface area contributed by atoms with Crippen molar-refractivity contribution in [3.8, 4) is 5.69 Å². The Labute approximate surface area is 179 Å². The summed E-state index contributed by atoms with van der Waals surface area (Å²) < 4.78 is 15.6. The molecule has 0 unspecified atom stereocenters. The number of hydrogen-bond donors (Lipinski definition) is 0. The number of aryl methyl sites for hydroxylation is 3. The van der Waals surface area contributed by atoms with Crippen molar-refractivity contribution in [2.24, 2.45) is 0 Å². The standard InChI is InChI=1S/C22H23FN6O2/c1-14-12-20(25-16(3)24-14)27-8-10-28(11-9-27)22(31)21-19(30)13-15(2)29(26-21)18-7-5-4-6-17(18)23/h4-7,12-13H,8-11H2,1-3H3. The first kappa shape index (κ1) is 20.6. The van der Waals surface area contributed by atoms with Crippen molar-refractivity contribution in [3.63, 3.8) is 0 Å². The van der Waals surface area contributed by atoms with Gasteiger partial charge < -0.3 is 9.80 Å². The molecule has 0 N–H and O–H groups in total. The summed E-state index contributed by atoms with van der Waals surface area (Å²) in [6.45, 7) is 7.43. The van der Waals surface area contributed by atoms with Gasteiger partial charge in [0.2, 0.25) is 5.43 Å². The number of rotatable bonds is 3. The molecule has 8 nitrogen and oxygen atoms in total. The Morgan fingerprint density at radius 2 is 1.71 bits per heavy atom. The molecule has 0 atom stereocenters. The SMILES string of the molecule is Cc1cc(N2CCN(C(=O)c3nn(-c4ccccc4F)c(C)cc3=O)CC2)nc(C)n1. The van der Waals surface area contributed by atoms with Crippen molar-refractivity contribution in [2.45, 2.75) is 20.8 Å². The second-order valence-corrected chi connectivity index (χ2v) is 7.56. The first-order chi connectivity index (χ1) is 14.8. The molecule has 1 aliphatic heterocycles. The molecule has 3 heterocycles. The zero-order valence-corrected chi connectivity index (χ0v) is 17.7. The van der Waals surface area contributed by atoms with Crippen LogP contribution in [0.3, 0.4) is 0 Å². The summed E-state index contributed by atoms with van der Waals surface area (Å²) in [7, 11) is 0. The largest absolute Gasteiger partial charge is 0.353 e. The Kier molecular flexibility index (Phi) is 5.50. The number of piperazine rings is 1. The fourth-order valence-electron chi connectivity index (χ4n) is 3.71. The predicted molar refractivity (Wildman–Crippen MR) is 114 cm³/mol. The molecule has 31 heavy (non-hydrogen) atoms. The zero-order valence-electron chi connectivity index (χ0n) is 17.7. The Morgan fingerprint density at radius 1 is 1.00 bits per heavy atom. The van der Waals surface area contributed by atoms with Crippen molar-refractivity contribution >= 4 is 11.7 Å². The van der Waals surface area contributed by atoms with E-state index >= 15 is 0 Å². The number of hydrogen-bond acceptors (Lipinski definition) is 6. The van der Waals surface area contributed by atoms with E-state index < -0.39 is 17.2 Å². The minimum atomic E-state index is -0.482. The van der Waals surface area contributed by atoms with Crippen molar-refractivity contribution < 1.29 is 9.18 Å². The molecule has 160 valence electrons. The lowest BCUT2D eigenvalue weighted by Gasteiger charge is -2.35. The van der Waals surface area contributed by atoms with Crippen molar-refractivity contribution in [2.75, 3.05) is 31.1 Å². The summed E-state index contributed by atoms with van der Waals surface area (Å²) in [6.07, 6.45) is 0. The molecule has 0 saturated carbocycles. The molecule has 0 radical (unpaired) electrons. The van der Waals surface area contributed by atoms with Gasteiger partial charge in [0.15, 0.2) is 5.69 Å². The van der Waals surface area contributed by atoms with Crippen LogP contribution in [0.15, 0.2) is 41.2 Å². The van der Waals surface area contributed by atoms with Crippen molar-refractivity contribution in [3.05, 3.63) is 75.3 Å². The monoisotopic (exact) mass is 422 g/mol. The highest BCUT2D eigenvalue weighted by Gasteiger charge is 2.26. The number of halogens is 1. The topological polar surface area (TPSA) is 84.2 Å². The number of nitrogens with zero attached hydrogens (tertiary/aromatic N) is 6. The molecule has 0 spiro atoms. The van der Waals surface area contributed by atoms with Crippen molar-refractivity contribution in [1.29, 1.82) is 0 Å². The van der Waals surface area contributed by atoms with E-state index in [1.165, 1.54) is 16.8 Å². The Hall–Kier alpha value is -3.62. The molecule has 1 saturated heterocycles. The van der Waals surface area contributed by atoms with Gasteiger partial charge >= 0.3 is 0 Å². The highest BCUT2D eigenvalue weighted by molar-refractivity contribution is 5.92. The van der Waals surface area contributed by atoms with Gasteiger partial charge in [-0.3, -0.25) is 9.59 Å². The Morgan fingerprint density at radius 3 is 2.39 bits per heavy atom. The van der Waals surface area contributed by atoms with E-state index in [0.29, 0.717) is 37.7 Å². The van der Waals surface area contributed by atoms with Crippen molar-refractivity contribution in [1.82, 2.24) is 24.6 Å². The summed E-state index contributed by atoms with van der Waals surface area (Å²) in [6, 6.07) is 9.34. The fourth-order valence-corrected chi connectivity index (χ4v) is 3.71. The third-order valence-electron chi connectivity index (χ3n) is 5.23. The van der Waals surface area contributed by atoms with Crippen LogP contribution in [0.2, 0.25) is 0 Å².